The van der Waals surface area contributed by atoms with Gasteiger partial charge in [0.15, 0.2) is 5.82 Å². The lowest BCUT2D eigenvalue weighted by Gasteiger charge is -2.05. The molecule has 1 amide bonds. The molecule has 1 aromatic heterocycles. The summed E-state index contributed by atoms with van der Waals surface area (Å²) in [5.41, 5.74) is 6.26. The fourth-order valence-corrected chi connectivity index (χ4v) is 2.75. The molecular formula is C15H12ClFN2OS. The van der Waals surface area contributed by atoms with E-state index < -0.39 is 11.7 Å². The highest BCUT2D eigenvalue weighted by Crippen LogP contribution is 2.25. The van der Waals surface area contributed by atoms with Crippen molar-refractivity contribution in [3.8, 4) is 11.8 Å². The van der Waals surface area contributed by atoms with E-state index in [9.17, 15) is 9.18 Å². The molecule has 1 heterocycles. The van der Waals surface area contributed by atoms with Crippen LogP contribution >= 0.6 is 22.9 Å². The molecule has 0 fully saturated rings. The molecule has 0 bridgehead atoms. The van der Waals surface area contributed by atoms with Gasteiger partial charge in [0.05, 0.1) is 27.0 Å². The number of carbonyl (C=O) groups excluding carboxylic acids is 1. The van der Waals surface area contributed by atoms with Crippen LogP contribution in [-0.2, 0) is 0 Å². The molecule has 0 aliphatic rings. The molecule has 0 atom stereocenters. The Kier molecular flexibility index (Phi) is 4.97. The molecule has 108 valence electrons. The maximum atomic E-state index is 13.7. The van der Waals surface area contributed by atoms with Crippen LogP contribution in [0.2, 0.25) is 5.02 Å². The summed E-state index contributed by atoms with van der Waals surface area (Å²) in [6, 6.07) is 6.15. The van der Waals surface area contributed by atoms with Crippen LogP contribution in [0.25, 0.3) is 0 Å². The highest BCUT2D eigenvalue weighted by Gasteiger charge is 2.14. The molecule has 0 aliphatic heterocycles. The number of anilines is 1. The third-order valence-corrected chi connectivity index (χ3v) is 4.09. The second kappa shape index (κ2) is 6.72. The van der Waals surface area contributed by atoms with Crippen LogP contribution in [0.15, 0.2) is 24.3 Å². The molecule has 0 saturated heterocycles. The number of benzene rings is 1. The highest BCUT2D eigenvalue weighted by molar-refractivity contribution is 7.14. The maximum absolute atomic E-state index is 13.7. The average molecular weight is 323 g/mol. The van der Waals surface area contributed by atoms with Crippen molar-refractivity contribution in [2.24, 2.45) is 5.73 Å². The molecular weight excluding hydrogens is 311 g/mol. The van der Waals surface area contributed by atoms with Crippen molar-refractivity contribution in [3.05, 3.63) is 50.4 Å². The van der Waals surface area contributed by atoms with Crippen molar-refractivity contribution >= 4 is 34.5 Å². The summed E-state index contributed by atoms with van der Waals surface area (Å²) in [6.07, 6.45) is 0. The van der Waals surface area contributed by atoms with Crippen LogP contribution in [0.5, 0.6) is 0 Å². The smallest absolute Gasteiger partial charge is 0.265 e. The molecule has 3 N–H and O–H groups in total. The predicted molar refractivity (Wildman–Crippen MR) is 84.4 cm³/mol. The summed E-state index contributed by atoms with van der Waals surface area (Å²) in [6.45, 7) is 2.11. The molecule has 3 nitrogen and oxygen atoms in total. The number of nitrogens with one attached hydrogen (secondary N) is 1. The summed E-state index contributed by atoms with van der Waals surface area (Å²) < 4.78 is 13.7. The van der Waals surface area contributed by atoms with Crippen molar-refractivity contribution in [2.75, 3.05) is 11.9 Å². The monoisotopic (exact) mass is 322 g/mol. The second-order valence-corrected chi connectivity index (χ2v) is 5.64. The normalized spacial score (nSPS) is 9.90. The molecule has 0 unspecified atom stereocenters. The maximum Gasteiger partial charge on any atom is 0.265 e. The fraction of sp³-hybridized carbons (Fsp3) is 0.133. The number of aryl methyl sites for hydroxylation is 1. The molecule has 0 saturated carbocycles. The standard InChI is InChI=1S/C15H12ClFN2OS/c1-9-8-13(21-12(9)6-3-7-18)15(20)19-11-5-2-4-10(16)14(11)17/h2,4-5,8H,7,18H2,1H3,(H,19,20). The van der Waals surface area contributed by atoms with Crippen molar-refractivity contribution in [2.45, 2.75) is 6.92 Å². The van der Waals surface area contributed by atoms with Gasteiger partial charge in [0.2, 0.25) is 0 Å². The summed E-state index contributed by atoms with van der Waals surface area (Å²) >= 11 is 6.92. The van der Waals surface area contributed by atoms with E-state index in [1.165, 1.54) is 23.5 Å². The van der Waals surface area contributed by atoms with E-state index in [0.29, 0.717) is 4.88 Å². The first-order valence-electron chi connectivity index (χ1n) is 6.07. The number of carbonyl (C=O) groups is 1. The second-order valence-electron chi connectivity index (χ2n) is 4.18. The zero-order valence-electron chi connectivity index (χ0n) is 11.2. The average Bonchev–Trinajstić information content (AvgIpc) is 2.83. The molecule has 1 aromatic carbocycles. The quantitative estimate of drug-likeness (QED) is 0.832. The highest BCUT2D eigenvalue weighted by atomic mass is 35.5. The third kappa shape index (κ3) is 3.61. The lowest BCUT2D eigenvalue weighted by molar-refractivity contribution is 0.103. The number of rotatable bonds is 2. The van der Waals surface area contributed by atoms with Gasteiger partial charge in [-0.1, -0.05) is 29.5 Å². The number of hydrogen-bond donors (Lipinski definition) is 2. The fourth-order valence-electron chi connectivity index (χ4n) is 1.63. The Morgan fingerprint density at radius 3 is 3.00 bits per heavy atom. The van der Waals surface area contributed by atoms with Crippen LogP contribution in [0.4, 0.5) is 10.1 Å². The van der Waals surface area contributed by atoms with E-state index in [2.05, 4.69) is 17.2 Å². The SMILES string of the molecule is Cc1cc(C(=O)Nc2cccc(Cl)c2F)sc1C#CCN. The Hall–Kier alpha value is -1.87. The minimum Gasteiger partial charge on any atom is -0.320 e. The van der Waals surface area contributed by atoms with Gasteiger partial charge in [-0.3, -0.25) is 4.79 Å². The lowest BCUT2D eigenvalue weighted by Crippen LogP contribution is -2.11. The predicted octanol–water partition coefficient (Wildman–Crippen LogP) is 3.41. The Balaban J connectivity index is 2.23. The first kappa shape index (κ1) is 15.5. The van der Waals surface area contributed by atoms with Gasteiger partial charge in [-0.2, -0.15) is 0 Å². The van der Waals surface area contributed by atoms with Crippen LogP contribution in [0.1, 0.15) is 20.1 Å². The van der Waals surface area contributed by atoms with E-state index in [-0.39, 0.29) is 17.3 Å². The van der Waals surface area contributed by atoms with Crippen LogP contribution in [0.3, 0.4) is 0 Å². The Labute approximate surface area is 130 Å². The first-order chi connectivity index (χ1) is 10.0. The largest absolute Gasteiger partial charge is 0.320 e. The minimum absolute atomic E-state index is 0.0374. The zero-order chi connectivity index (χ0) is 15.4. The summed E-state index contributed by atoms with van der Waals surface area (Å²) in [5, 5.41) is 2.47. The van der Waals surface area contributed by atoms with E-state index in [1.807, 2.05) is 6.92 Å². The van der Waals surface area contributed by atoms with Crippen molar-refractivity contribution in [1.29, 1.82) is 0 Å². The Bertz CT molecular complexity index is 746. The molecule has 2 aromatic rings. The molecule has 0 radical (unpaired) electrons. The summed E-state index contributed by atoms with van der Waals surface area (Å²) in [4.78, 5) is 13.4. The van der Waals surface area contributed by atoms with Gasteiger partial charge in [-0.05, 0) is 30.7 Å². The molecule has 6 heteroatoms. The van der Waals surface area contributed by atoms with Crippen LogP contribution in [0, 0.1) is 24.6 Å². The van der Waals surface area contributed by atoms with Crippen LogP contribution in [-0.4, -0.2) is 12.5 Å². The number of nitrogens with two attached hydrogens (primary N) is 1. The summed E-state index contributed by atoms with van der Waals surface area (Å²) in [5.74, 6) is 4.60. The van der Waals surface area contributed by atoms with Gasteiger partial charge in [-0.25, -0.2) is 4.39 Å². The van der Waals surface area contributed by atoms with Gasteiger partial charge in [0, 0.05) is 0 Å². The van der Waals surface area contributed by atoms with Gasteiger partial charge < -0.3 is 11.1 Å². The number of halogens is 2. The van der Waals surface area contributed by atoms with E-state index in [1.54, 1.807) is 12.1 Å². The molecule has 0 spiro atoms. The Morgan fingerprint density at radius 2 is 2.29 bits per heavy atom. The number of amides is 1. The third-order valence-electron chi connectivity index (χ3n) is 2.65. The Morgan fingerprint density at radius 1 is 1.52 bits per heavy atom. The summed E-state index contributed by atoms with van der Waals surface area (Å²) in [7, 11) is 0. The van der Waals surface area contributed by atoms with Gasteiger partial charge in [0.1, 0.15) is 0 Å². The minimum atomic E-state index is -0.649. The number of hydrogen-bond acceptors (Lipinski definition) is 3. The van der Waals surface area contributed by atoms with E-state index in [4.69, 9.17) is 17.3 Å². The molecule has 0 aliphatic carbocycles. The van der Waals surface area contributed by atoms with Crippen molar-refractivity contribution in [1.82, 2.24) is 0 Å². The van der Waals surface area contributed by atoms with E-state index in [0.717, 1.165) is 10.4 Å². The van der Waals surface area contributed by atoms with E-state index >= 15 is 0 Å². The first-order valence-corrected chi connectivity index (χ1v) is 7.27. The zero-order valence-corrected chi connectivity index (χ0v) is 12.7. The van der Waals surface area contributed by atoms with Crippen molar-refractivity contribution < 1.29 is 9.18 Å². The molecule has 21 heavy (non-hydrogen) atoms. The lowest BCUT2D eigenvalue weighted by atomic mass is 10.2. The van der Waals surface area contributed by atoms with Gasteiger partial charge >= 0.3 is 0 Å². The molecule has 2 rings (SSSR count). The van der Waals surface area contributed by atoms with Gasteiger partial charge in [0.25, 0.3) is 5.91 Å². The van der Waals surface area contributed by atoms with Crippen LogP contribution < -0.4 is 11.1 Å². The number of thiophene rings is 1. The van der Waals surface area contributed by atoms with Gasteiger partial charge in [-0.15, -0.1) is 11.3 Å². The topological polar surface area (TPSA) is 55.1 Å². The van der Waals surface area contributed by atoms with Crippen molar-refractivity contribution in [3.63, 3.8) is 0 Å².